The van der Waals surface area contributed by atoms with Gasteiger partial charge in [0.1, 0.15) is 17.0 Å². The molecule has 12 heteroatoms. The van der Waals surface area contributed by atoms with Crippen LogP contribution in [0.25, 0.3) is 5.65 Å². The molecular weight excluding hydrogens is 441 g/mol. The molecule has 1 fully saturated rings. The zero-order chi connectivity index (χ0) is 22.8. The molecule has 10 nitrogen and oxygen atoms in total. The monoisotopic (exact) mass is 467 g/mol. The molecule has 1 saturated carbocycles. The fourth-order valence-electron chi connectivity index (χ4n) is 3.90. The molecule has 4 N–H and O–H groups in total. The normalized spacial score (nSPS) is 22.2. The number of aliphatic hydroxyl groups is 1. The van der Waals surface area contributed by atoms with E-state index in [1.54, 1.807) is 29.8 Å². The summed E-state index contributed by atoms with van der Waals surface area (Å²) in [5, 5.41) is 23.2. The van der Waals surface area contributed by atoms with Crippen LogP contribution in [0.5, 0.6) is 0 Å². The van der Waals surface area contributed by atoms with E-state index in [2.05, 4.69) is 30.8 Å². The number of ether oxygens (including phenoxy) is 2. The van der Waals surface area contributed by atoms with E-state index < -0.39 is 24.6 Å². The van der Waals surface area contributed by atoms with Gasteiger partial charge >= 0.3 is 0 Å². The topological polar surface area (TPSA) is 122 Å². The molecule has 0 aliphatic heterocycles. The zero-order valence-electron chi connectivity index (χ0n) is 18.0. The lowest BCUT2D eigenvalue weighted by molar-refractivity contribution is -0.168. The molecule has 1 aliphatic carbocycles. The van der Waals surface area contributed by atoms with Crippen molar-refractivity contribution in [3.05, 3.63) is 34.9 Å². The summed E-state index contributed by atoms with van der Waals surface area (Å²) in [6.45, 7) is 4.11. The van der Waals surface area contributed by atoms with Crippen LogP contribution in [0.4, 0.5) is 16.2 Å². The highest BCUT2D eigenvalue weighted by molar-refractivity contribution is 6.29. The Balaban J connectivity index is 1.47. The minimum Gasteiger partial charge on any atom is -0.378 e. The van der Waals surface area contributed by atoms with Crippen LogP contribution < -0.4 is 10.6 Å². The number of anilines is 2. The second-order valence-corrected chi connectivity index (χ2v) is 8.49. The van der Waals surface area contributed by atoms with E-state index in [-0.39, 0.29) is 11.2 Å². The maximum absolute atomic E-state index is 15.0. The molecule has 3 aromatic rings. The number of aromatic amines is 1. The summed E-state index contributed by atoms with van der Waals surface area (Å²) in [4.78, 5) is 8.76. The molecule has 3 heterocycles. The van der Waals surface area contributed by atoms with Gasteiger partial charge in [0.15, 0.2) is 5.82 Å². The second-order valence-electron chi connectivity index (χ2n) is 8.11. The highest BCUT2D eigenvalue weighted by atomic mass is 35.5. The number of aliphatic hydroxyl groups excluding tert-OH is 1. The van der Waals surface area contributed by atoms with Gasteiger partial charge in [-0.2, -0.15) is 5.10 Å². The van der Waals surface area contributed by atoms with Gasteiger partial charge in [-0.25, -0.2) is 14.4 Å². The first-order valence-corrected chi connectivity index (χ1v) is 10.8. The number of hydrogen-bond acceptors (Lipinski definition) is 8. The van der Waals surface area contributed by atoms with Crippen LogP contribution >= 0.6 is 11.6 Å². The number of alkyl halides is 1. The SMILES string of the molecule is COCc1cn2c(Nc3cc([C@@H]4CC[C@H](OC(O)NC(C)C)[C@H]4F)[nH]n3)nc(Cl)cc2n1. The molecule has 1 unspecified atom stereocenters. The lowest BCUT2D eigenvalue weighted by atomic mass is 10.0. The Hall–Kier alpha value is -2.31. The number of nitrogens with zero attached hydrogens (tertiary/aromatic N) is 4. The molecule has 3 aromatic heterocycles. The Kier molecular flexibility index (Phi) is 6.91. The van der Waals surface area contributed by atoms with Crippen LogP contribution in [0, 0.1) is 0 Å². The number of aromatic nitrogens is 5. The van der Waals surface area contributed by atoms with Crippen molar-refractivity contribution >= 4 is 29.0 Å². The maximum Gasteiger partial charge on any atom is 0.215 e. The number of methoxy groups -OCH3 is 1. The smallest absolute Gasteiger partial charge is 0.215 e. The van der Waals surface area contributed by atoms with Crippen molar-refractivity contribution in [2.24, 2.45) is 0 Å². The number of rotatable bonds is 9. The molecule has 174 valence electrons. The predicted octanol–water partition coefficient (Wildman–Crippen LogP) is 2.87. The van der Waals surface area contributed by atoms with Gasteiger partial charge in [0.25, 0.3) is 0 Å². The van der Waals surface area contributed by atoms with Crippen LogP contribution in [0.3, 0.4) is 0 Å². The van der Waals surface area contributed by atoms with Gasteiger partial charge in [0, 0.05) is 43.1 Å². The molecule has 4 atom stereocenters. The van der Waals surface area contributed by atoms with E-state index in [0.717, 1.165) is 5.69 Å². The van der Waals surface area contributed by atoms with Gasteiger partial charge in [-0.1, -0.05) is 11.6 Å². The number of fused-ring (bicyclic) bond motifs is 1. The number of imidazole rings is 1. The van der Waals surface area contributed by atoms with Crippen molar-refractivity contribution in [1.29, 1.82) is 0 Å². The number of halogens is 2. The Labute approximate surface area is 189 Å². The fraction of sp³-hybridized carbons (Fsp3) is 0.550. The third-order valence-corrected chi connectivity index (χ3v) is 5.48. The number of nitrogens with one attached hydrogen (secondary N) is 3. The van der Waals surface area contributed by atoms with E-state index >= 15 is 4.39 Å². The summed E-state index contributed by atoms with van der Waals surface area (Å²) < 4.78 is 27.3. The van der Waals surface area contributed by atoms with Gasteiger partial charge < -0.3 is 19.9 Å². The van der Waals surface area contributed by atoms with Crippen LogP contribution in [-0.4, -0.2) is 61.5 Å². The Bertz CT molecular complexity index is 1060. The van der Waals surface area contributed by atoms with E-state index in [1.807, 2.05) is 13.8 Å². The molecule has 0 spiro atoms. The molecule has 0 aromatic carbocycles. The summed E-state index contributed by atoms with van der Waals surface area (Å²) in [6.07, 6.45) is -0.300. The van der Waals surface area contributed by atoms with Crippen LogP contribution in [0.2, 0.25) is 5.15 Å². The van der Waals surface area contributed by atoms with Gasteiger partial charge in [-0.05, 0) is 26.7 Å². The summed E-state index contributed by atoms with van der Waals surface area (Å²) in [7, 11) is 1.60. The van der Waals surface area contributed by atoms with Gasteiger partial charge in [-0.15, -0.1) is 0 Å². The van der Waals surface area contributed by atoms with E-state index in [4.69, 9.17) is 21.1 Å². The fourth-order valence-corrected chi connectivity index (χ4v) is 4.08. The minimum atomic E-state index is -1.27. The molecule has 0 saturated heterocycles. The average Bonchev–Trinajstić information content (AvgIpc) is 3.41. The molecule has 0 bridgehead atoms. The second kappa shape index (κ2) is 9.67. The average molecular weight is 468 g/mol. The first-order chi connectivity index (χ1) is 15.3. The molecule has 4 rings (SSSR count). The van der Waals surface area contributed by atoms with Crippen molar-refractivity contribution in [3.63, 3.8) is 0 Å². The first-order valence-electron chi connectivity index (χ1n) is 10.4. The van der Waals surface area contributed by atoms with Crippen LogP contribution in [0.1, 0.15) is 44.0 Å². The lowest BCUT2D eigenvalue weighted by Gasteiger charge is -2.22. The molecule has 32 heavy (non-hydrogen) atoms. The minimum absolute atomic E-state index is 0.0224. The summed E-state index contributed by atoms with van der Waals surface area (Å²) in [5.74, 6) is 0.479. The Morgan fingerprint density at radius 1 is 1.34 bits per heavy atom. The molecular formula is C20H27ClFN7O3. The van der Waals surface area contributed by atoms with Gasteiger partial charge in [0.2, 0.25) is 12.4 Å². The summed E-state index contributed by atoms with van der Waals surface area (Å²) in [5.41, 5.74) is 1.98. The van der Waals surface area contributed by atoms with Gasteiger partial charge in [0.05, 0.1) is 18.4 Å². The van der Waals surface area contributed by atoms with E-state index in [1.165, 1.54) is 0 Å². The van der Waals surface area contributed by atoms with Crippen molar-refractivity contribution in [3.8, 4) is 0 Å². The first kappa shape index (κ1) is 22.9. The van der Waals surface area contributed by atoms with Crippen LogP contribution in [-0.2, 0) is 16.1 Å². The number of hydrogen-bond donors (Lipinski definition) is 4. The quantitative estimate of drug-likeness (QED) is 0.280. The highest BCUT2D eigenvalue weighted by Crippen LogP contribution is 2.38. The third kappa shape index (κ3) is 5.02. The number of H-pyrrole nitrogens is 1. The van der Waals surface area contributed by atoms with E-state index in [0.29, 0.717) is 42.6 Å². The largest absolute Gasteiger partial charge is 0.378 e. The van der Waals surface area contributed by atoms with Crippen molar-refractivity contribution in [1.82, 2.24) is 29.9 Å². The Morgan fingerprint density at radius 2 is 2.16 bits per heavy atom. The molecule has 0 radical (unpaired) electrons. The third-order valence-electron chi connectivity index (χ3n) is 5.28. The molecule has 1 aliphatic rings. The summed E-state index contributed by atoms with van der Waals surface area (Å²) in [6, 6.07) is 3.41. The lowest BCUT2D eigenvalue weighted by Crippen LogP contribution is -2.40. The standard InChI is InChI=1S/C20H27ClFN7O3/c1-10(2)23-20(30)32-14-5-4-12(18(14)22)13-6-16(28-27-13)26-19-25-15(21)7-17-24-11(9-31-3)8-29(17)19/h6-8,10,12,14,18,20,23,30H,4-5,9H2,1-3H3,(H2,25,26,27,28)/t12-,14-,18-,20?/m0/s1. The highest BCUT2D eigenvalue weighted by Gasteiger charge is 2.40. The van der Waals surface area contributed by atoms with Crippen molar-refractivity contribution in [2.45, 2.75) is 63.9 Å². The van der Waals surface area contributed by atoms with E-state index in [9.17, 15) is 5.11 Å². The maximum atomic E-state index is 15.0. The zero-order valence-corrected chi connectivity index (χ0v) is 18.8. The molecule has 0 amide bonds. The Morgan fingerprint density at radius 3 is 2.91 bits per heavy atom. The summed E-state index contributed by atoms with van der Waals surface area (Å²) >= 11 is 6.14. The van der Waals surface area contributed by atoms with Gasteiger partial charge in [-0.3, -0.25) is 14.8 Å². The predicted molar refractivity (Wildman–Crippen MR) is 117 cm³/mol. The van der Waals surface area contributed by atoms with Crippen LogP contribution in [0.15, 0.2) is 18.3 Å². The van der Waals surface area contributed by atoms with Crippen molar-refractivity contribution in [2.75, 3.05) is 12.4 Å². The van der Waals surface area contributed by atoms with Crippen molar-refractivity contribution < 1.29 is 19.0 Å².